The van der Waals surface area contributed by atoms with Crippen molar-refractivity contribution in [3.8, 4) is 0 Å². The average Bonchev–Trinajstić information content (AvgIpc) is 2.76. The molecule has 1 fully saturated rings. The maximum Gasteiger partial charge on any atom is 0.244 e. The van der Waals surface area contributed by atoms with Gasteiger partial charge in [0.2, 0.25) is 10.0 Å². The predicted octanol–water partition coefficient (Wildman–Crippen LogP) is 3.91. The first-order valence-corrected chi connectivity index (χ1v) is 8.67. The van der Waals surface area contributed by atoms with Gasteiger partial charge in [-0.3, -0.25) is 0 Å². The maximum absolute atomic E-state index is 12.6. The number of alkyl halides is 1. The van der Waals surface area contributed by atoms with E-state index in [0.29, 0.717) is 17.1 Å². The van der Waals surface area contributed by atoms with E-state index in [1.165, 1.54) is 16.4 Å². The molecule has 2 rings (SSSR count). The second kappa shape index (κ2) is 5.78. The highest BCUT2D eigenvalue weighted by molar-refractivity contribution is 7.89. The van der Waals surface area contributed by atoms with Crippen LogP contribution in [0.15, 0.2) is 17.0 Å². The van der Waals surface area contributed by atoms with Crippen molar-refractivity contribution in [1.29, 1.82) is 0 Å². The second-order valence-electron chi connectivity index (χ2n) is 4.58. The van der Waals surface area contributed by atoms with Crippen LogP contribution in [-0.4, -0.2) is 25.3 Å². The first-order chi connectivity index (χ1) is 8.89. The van der Waals surface area contributed by atoms with E-state index in [-0.39, 0.29) is 21.8 Å². The lowest BCUT2D eigenvalue weighted by Crippen LogP contribution is -2.33. The molecule has 1 aromatic rings. The normalized spacial score (nSPS) is 20.9. The lowest BCUT2D eigenvalue weighted by Gasteiger charge is -2.22. The average molecular weight is 343 g/mol. The molecule has 3 nitrogen and oxygen atoms in total. The molecule has 1 aromatic carbocycles. The monoisotopic (exact) mass is 341 g/mol. The van der Waals surface area contributed by atoms with Crippen molar-refractivity contribution in [2.45, 2.75) is 36.6 Å². The molecule has 1 saturated heterocycles. The highest BCUT2D eigenvalue weighted by Gasteiger charge is 2.34. The van der Waals surface area contributed by atoms with Crippen molar-refractivity contribution in [2.75, 3.05) is 6.54 Å². The smallest absolute Gasteiger partial charge is 0.207 e. The molecule has 0 aromatic heterocycles. The van der Waals surface area contributed by atoms with Gasteiger partial charge in [0.25, 0.3) is 0 Å². The quantitative estimate of drug-likeness (QED) is 0.781. The van der Waals surface area contributed by atoms with Crippen molar-refractivity contribution in [2.24, 2.45) is 0 Å². The second-order valence-corrected chi connectivity index (χ2v) is 7.49. The summed E-state index contributed by atoms with van der Waals surface area (Å²) in [5.41, 5.74) is 0.456. The first-order valence-electron chi connectivity index (χ1n) is 5.94. The molecule has 0 bridgehead atoms. The van der Waals surface area contributed by atoms with Crippen LogP contribution in [0.25, 0.3) is 0 Å². The Morgan fingerprint density at radius 1 is 1.37 bits per heavy atom. The van der Waals surface area contributed by atoms with E-state index >= 15 is 0 Å². The number of benzene rings is 1. The SMILES string of the molecule is CC1CCCN1S(=O)(=O)c1ccc(Cl)c(CCl)c1Cl. The van der Waals surface area contributed by atoms with Crippen molar-refractivity contribution in [3.05, 3.63) is 27.7 Å². The van der Waals surface area contributed by atoms with Gasteiger partial charge in [0.15, 0.2) is 0 Å². The van der Waals surface area contributed by atoms with Gasteiger partial charge in [0.05, 0.1) is 10.9 Å². The molecule has 1 atom stereocenters. The summed E-state index contributed by atoms with van der Waals surface area (Å²) in [5, 5.41) is 0.509. The third-order valence-electron chi connectivity index (χ3n) is 3.36. The lowest BCUT2D eigenvalue weighted by molar-refractivity contribution is 0.408. The summed E-state index contributed by atoms with van der Waals surface area (Å²) in [6.07, 6.45) is 1.74. The fourth-order valence-corrected chi connectivity index (χ4v) is 5.29. The highest BCUT2D eigenvalue weighted by atomic mass is 35.5. The molecule has 7 heteroatoms. The Morgan fingerprint density at radius 3 is 2.58 bits per heavy atom. The van der Waals surface area contributed by atoms with Gasteiger partial charge in [0.1, 0.15) is 4.90 Å². The first kappa shape index (κ1) is 15.4. The minimum atomic E-state index is -3.58. The Hall–Kier alpha value is -0.000000000000000167. The molecule has 0 saturated carbocycles. The molecule has 1 heterocycles. The van der Waals surface area contributed by atoms with E-state index in [1.807, 2.05) is 6.92 Å². The number of halogens is 3. The molecular formula is C12H14Cl3NO2S. The van der Waals surface area contributed by atoms with E-state index in [1.54, 1.807) is 0 Å². The molecule has 0 radical (unpaired) electrons. The molecule has 19 heavy (non-hydrogen) atoms. The predicted molar refractivity (Wildman–Crippen MR) is 78.6 cm³/mol. The van der Waals surface area contributed by atoms with Crippen molar-refractivity contribution in [3.63, 3.8) is 0 Å². The molecule has 0 aliphatic carbocycles. The van der Waals surface area contributed by atoms with E-state index in [9.17, 15) is 8.42 Å². The van der Waals surface area contributed by atoms with Crippen molar-refractivity contribution < 1.29 is 8.42 Å². The number of hydrogen-bond donors (Lipinski definition) is 0. The van der Waals surface area contributed by atoms with Crippen LogP contribution in [0.4, 0.5) is 0 Å². The zero-order valence-electron chi connectivity index (χ0n) is 10.4. The maximum atomic E-state index is 12.6. The van der Waals surface area contributed by atoms with E-state index in [2.05, 4.69) is 0 Å². The third-order valence-corrected chi connectivity index (χ3v) is 6.58. The van der Waals surface area contributed by atoms with Crippen LogP contribution < -0.4 is 0 Å². The van der Waals surface area contributed by atoms with Gasteiger partial charge in [0, 0.05) is 23.2 Å². The molecule has 106 valence electrons. The molecule has 1 aliphatic heterocycles. The molecule has 1 aliphatic rings. The van der Waals surface area contributed by atoms with Gasteiger partial charge in [-0.25, -0.2) is 8.42 Å². The fraction of sp³-hybridized carbons (Fsp3) is 0.500. The van der Waals surface area contributed by atoms with Gasteiger partial charge in [-0.1, -0.05) is 23.2 Å². The minimum absolute atomic E-state index is 0.00352. The van der Waals surface area contributed by atoms with E-state index in [4.69, 9.17) is 34.8 Å². The zero-order chi connectivity index (χ0) is 14.2. The van der Waals surface area contributed by atoms with Crippen LogP contribution in [0.5, 0.6) is 0 Å². The lowest BCUT2D eigenvalue weighted by atomic mass is 10.2. The van der Waals surface area contributed by atoms with E-state index in [0.717, 1.165) is 12.8 Å². The Kier molecular flexibility index (Phi) is 4.68. The zero-order valence-corrected chi connectivity index (χ0v) is 13.5. The van der Waals surface area contributed by atoms with Crippen LogP contribution in [0.1, 0.15) is 25.3 Å². The van der Waals surface area contributed by atoms with Crippen molar-refractivity contribution in [1.82, 2.24) is 4.31 Å². The Bertz CT molecular complexity index is 589. The van der Waals surface area contributed by atoms with Crippen LogP contribution in [0.2, 0.25) is 10.0 Å². The summed E-state index contributed by atoms with van der Waals surface area (Å²) < 4.78 is 26.7. The standard InChI is InChI=1S/C12H14Cl3NO2S/c1-8-3-2-6-16(8)19(17,18)11-5-4-10(14)9(7-13)12(11)15/h4-5,8H,2-3,6-7H2,1H3. The summed E-state index contributed by atoms with van der Waals surface area (Å²) in [6.45, 7) is 2.43. The van der Waals surface area contributed by atoms with Crippen LogP contribution in [-0.2, 0) is 15.9 Å². The summed E-state index contributed by atoms with van der Waals surface area (Å²) >= 11 is 17.9. The summed E-state index contributed by atoms with van der Waals surface area (Å²) in [7, 11) is -3.58. The molecule has 0 amide bonds. The number of sulfonamides is 1. The summed E-state index contributed by atoms with van der Waals surface area (Å²) in [5.74, 6) is 0.0799. The van der Waals surface area contributed by atoms with Crippen LogP contribution >= 0.6 is 34.8 Å². The Balaban J connectivity index is 2.52. The van der Waals surface area contributed by atoms with Crippen molar-refractivity contribution >= 4 is 44.8 Å². The van der Waals surface area contributed by atoms with Gasteiger partial charge in [-0.05, 0) is 31.9 Å². The molecule has 0 spiro atoms. The minimum Gasteiger partial charge on any atom is -0.207 e. The van der Waals surface area contributed by atoms with Gasteiger partial charge < -0.3 is 0 Å². The Labute approximate surface area is 128 Å². The van der Waals surface area contributed by atoms with Crippen LogP contribution in [0.3, 0.4) is 0 Å². The number of nitrogens with zero attached hydrogens (tertiary/aromatic N) is 1. The molecule has 1 unspecified atom stereocenters. The largest absolute Gasteiger partial charge is 0.244 e. The fourth-order valence-electron chi connectivity index (χ4n) is 2.29. The topological polar surface area (TPSA) is 37.4 Å². The number of rotatable bonds is 3. The highest BCUT2D eigenvalue weighted by Crippen LogP contribution is 2.35. The number of hydrogen-bond acceptors (Lipinski definition) is 2. The van der Waals surface area contributed by atoms with E-state index < -0.39 is 10.0 Å². The third kappa shape index (κ3) is 2.74. The molecule has 0 N–H and O–H groups in total. The van der Waals surface area contributed by atoms with Crippen LogP contribution in [0, 0.1) is 0 Å². The van der Waals surface area contributed by atoms with Gasteiger partial charge in [-0.2, -0.15) is 4.31 Å². The van der Waals surface area contributed by atoms with Gasteiger partial charge >= 0.3 is 0 Å². The summed E-state index contributed by atoms with van der Waals surface area (Å²) in [6, 6.07) is 2.97. The summed E-state index contributed by atoms with van der Waals surface area (Å²) in [4.78, 5) is 0.0861. The van der Waals surface area contributed by atoms with Gasteiger partial charge in [-0.15, -0.1) is 11.6 Å². The Morgan fingerprint density at radius 2 is 2.05 bits per heavy atom. The molecular weight excluding hydrogens is 329 g/mol.